The zero-order valence-electron chi connectivity index (χ0n) is 17.5. The van der Waals surface area contributed by atoms with Gasteiger partial charge in [0, 0.05) is 22.4 Å². The minimum absolute atomic E-state index is 0.0135. The average molecular weight is 426 g/mol. The maximum atomic E-state index is 15.6. The molecule has 0 spiro atoms. The molecule has 0 aromatic heterocycles. The summed E-state index contributed by atoms with van der Waals surface area (Å²) in [5.74, 6) is -1.01. The summed E-state index contributed by atoms with van der Waals surface area (Å²) in [6, 6.07) is 14.7. The van der Waals surface area contributed by atoms with Crippen molar-refractivity contribution in [1.82, 2.24) is 0 Å². The van der Waals surface area contributed by atoms with Gasteiger partial charge in [-0.3, -0.25) is 0 Å². The van der Waals surface area contributed by atoms with E-state index in [1.165, 1.54) is 6.07 Å². The van der Waals surface area contributed by atoms with Gasteiger partial charge in [0.15, 0.2) is 0 Å². The van der Waals surface area contributed by atoms with Gasteiger partial charge in [-0.2, -0.15) is 0 Å². The number of aryl methyl sites for hydroxylation is 1. The van der Waals surface area contributed by atoms with E-state index < -0.39 is 11.6 Å². The topological polar surface area (TPSA) is 26.0 Å². The van der Waals surface area contributed by atoms with Crippen molar-refractivity contribution in [2.24, 2.45) is 5.73 Å². The molecule has 30 heavy (non-hydrogen) atoms. The predicted octanol–water partition coefficient (Wildman–Crippen LogP) is 7.49. The quantitative estimate of drug-likeness (QED) is 0.435. The number of hydrogen-bond acceptors (Lipinski definition) is 1. The predicted molar refractivity (Wildman–Crippen MR) is 123 cm³/mol. The fourth-order valence-corrected chi connectivity index (χ4v) is 4.21. The second-order valence-corrected chi connectivity index (χ2v) is 8.16. The number of rotatable bonds is 6. The lowest BCUT2D eigenvalue weighted by Gasteiger charge is -2.23. The van der Waals surface area contributed by atoms with Crippen LogP contribution in [-0.2, 0) is 12.8 Å². The maximum absolute atomic E-state index is 15.6. The Morgan fingerprint density at radius 1 is 1.03 bits per heavy atom. The van der Waals surface area contributed by atoms with Gasteiger partial charge in [0.25, 0.3) is 0 Å². The highest BCUT2D eigenvalue weighted by molar-refractivity contribution is 6.34. The zero-order chi connectivity index (χ0) is 22.0. The molecular formula is C26H26ClF2N. The molecule has 0 unspecified atom stereocenters. The molecule has 4 heteroatoms. The van der Waals surface area contributed by atoms with Gasteiger partial charge in [-0.15, -0.1) is 0 Å². The van der Waals surface area contributed by atoms with E-state index >= 15 is 8.78 Å². The SMILES string of the molecule is C=C(N)c1ccc(CC)c(F)c1-c1c(Cl)c(F)cc(Cc2ccccc2)c1C(C)C. The Hall–Kier alpha value is -2.65. The van der Waals surface area contributed by atoms with Crippen LogP contribution < -0.4 is 5.73 Å². The summed E-state index contributed by atoms with van der Waals surface area (Å²) in [7, 11) is 0. The number of nitrogens with two attached hydrogens (primary N) is 1. The summed E-state index contributed by atoms with van der Waals surface area (Å²) >= 11 is 6.48. The largest absolute Gasteiger partial charge is 0.399 e. The van der Waals surface area contributed by atoms with E-state index in [1.807, 2.05) is 51.1 Å². The van der Waals surface area contributed by atoms with E-state index in [2.05, 4.69) is 6.58 Å². The molecule has 2 N–H and O–H groups in total. The third-order valence-corrected chi connectivity index (χ3v) is 5.73. The Morgan fingerprint density at radius 2 is 1.70 bits per heavy atom. The van der Waals surface area contributed by atoms with Crippen LogP contribution in [0.4, 0.5) is 8.78 Å². The number of benzene rings is 3. The Balaban J connectivity index is 2.39. The third kappa shape index (κ3) is 4.13. The summed E-state index contributed by atoms with van der Waals surface area (Å²) in [5.41, 5.74) is 10.4. The second kappa shape index (κ2) is 9.01. The molecule has 0 saturated heterocycles. The van der Waals surface area contributed by atoms with Crippen molar-refractivity contribution in [3.8, 4) is 11.1 Å². The Labute approximate surface area is 182 Å². The van der Waals surface area contributed by atoms with Crippen molar-refractivity contribution < 1.29 is 8.78 Å². The molecule has 0 aliphatic rings. The first-order chi connectivity index (χ1) is 14.3. The summed E-state index contributed by atoms with van der Waals surface area (Å²) in [5, 5.41) is -0.0924. The van der Waals surface area contributed by atoms with Crippen LogP contribution in [0, 0.1) is 11.6 Å². The van der Waals surface area contributed by atoms with Crippen LogP contribution >= 0.6 is 11.6 Å². The van der Waals surface area contributed by atoms with E-state index in [1.54, 1.807) is 12.1 Å². The Kier molecular flexibility index (Phi) is 6.62. The number of hydrogen-bond donors (Lipinski definition) is 1. The van der Waals surface area contributed by atoms with Crippen LogP contribution in [0.25, 0.3) is 16.8 Å². The van der Waals surface area contributed by atoms with Crippen LogP contribution in [0.1, 0.15) is 54.5 Å². The van der Waals surface area contributed by atoms with E-state index in [9.17, 15) is 0 Å². The van der Waals surface area contributed by atoms with E-state index in [0.29, 0.717) is 29.5 Å². The van der Waals surface area contributed by atoms with Crippen molar-refractivity contribution in [3.05, 3.63) is 99.6 Å². The number of halogens is 3. The van der Waals surface area contributed by atoms with Crippen LogP contribution in [0.5, 0.6) is 0 Å². The molecule has 3 aromatic rings. The van der Waals surface area contributed by atoms with E-state index in [4.69, 9.17) is 17.3 Å². The third-order valence-electron chi connectivity index (χ3n) is 5.36. The first-order valence-electron chi connectivity index (χ1n) is 10.1. The van der Waals surface area contributed by atoms with Gasteiger partial charge in [-0.25, -0.2) is 8.78 Å². The lowest BCUT2D eigenvalue weighted by molar-refractivity contribution is 0.612. The molecule has 3 rings (SSSR count). The highest BCUT2D eigenvalue weighted by atomic mass is 35.5. The fourth-order valence-electron chi connectivity index (χ4n) is 3.96. The highest BCUT2D eigenvalue weighted by Gasteiger charge is 2.26. The van der Waals surface area contributed by atoms with Gasteiger partial charge in [0.05, 0.1) is 5.02 Å². The molecule has 0 fully saturated rings. The molecule has 0 heterocycles. The van der Waals surface area contributed by atoms with E-state index in [-0.39, 0.29) is 22.2 Å². The lowest BCUT2D eigenvalue weighted by atomic mass is 9.83. The summed E-state index contributed by atoms with van der Waals surface area (Å²) < 4.78 is 30.6. The smallest absolute Gasteiger partial charge is 0.142 e. The summed E-state index contributed by atoms with van der Waals surface area (Å²) in [6.45, 7) is 9.67. The van der Waals surface area contributed by atoms with Gasteiger partial charge < -0.3 is 5.73 Å². The average Bonchev–Trinajstić information content (AvgIpc) is 2.70. The molecule has 0 aliphatic heterocycles. The van der Waals surface area contributed by atoms with Crippen molar-refractivity contribution in [1.29, 1.82) is 0 Å². The highest BCUT2D eigenvalue weighted by Crippen LogP contribution is 2.44. The molecule has 0 amide bonds. The van der Waals surface area contributed by atoms with Crippen LogP contribution in [0.3, 0.4) is 0 Å². The van der Waals surface area contributed by atoms with E-state index in [0.717, 1.165) is 16.7 Å². The Bertz CT molecular complexity index is 1090. The molecular weight excluding hydrogens is 400 g/mol. The van der Waals surface area contributed by atoms with Gasteiger partial charge >= 0.3 is 0 Å². The van der Waals surface area contributed by atoms with Crippen molar-refractivity contribution in [2.75, 3.05) is 0 Å². The zero-order valence-corrected chi connectivity index (χ0v) is 18.3. The van der Waals surface area contributed by atoms with Crippen molar-refractivity contribution in [3.63, 3.8) is 0 Å². The minimum atomic E-state index is -0.572. The molecule has 0 atom stereocenters. The summed E-state index contributed by atoms with van der Waals surface area (Å²) in [6.07, 6.45) is 1.01. The molecule has 0 aliphatic carbocycles. The van der Waals surface area contributed by atoms with Crippen LogP contribution in [0.15, 0.2) is 55.1 Å². The van der Waals surface area contributed by atoms with Gasteiger partial charge in [-0.05, 0) is 47.1 Å². The normalized spacial score (nSPS) is 11.2. The first-order valence-corrected chi connectivity index (χ1v) is 10.4. The summed E-state index contributed by atoms with van der Waals surface area (Å²) in [4.78, 5) is 0. The van der Waals surface area contributed by atoms with Gasteiger partial charge in [-0.1, -0.05) is 81.4 Å². The molecule has 0 radical (unpaired) electrons. The first kappa shape index (κ1) is 22.0. The molecule has 1 nitrogen and oxygen atoms in total. The maximum Gasteiger partial charge on any atom is 0.142 e. The molecule has 3 aromatic carbocycles. The van der Waals surface area contributed by atoms with Gasteiger partial charge in [0.1, 0.15) is 11.6 Å². The fraction of sp³-hybridized carbons (Fsp3) is 0.231. The van der Waals surface area contributed by atoms with Crippen LogP contribution in [0.2, 0.25) is 5.02 Å². The van der Waals surface area contributed by atoms with Crippen LogP contribution in [-0.4, -0.2) is 0 Å². The second-order valence-electron chi connectivity index (χ2n) is 7.78. The molecule has 156 valence electrons. The standard InChI is InChI=1S/C26H26ClF2N/c1-5-18-11-12-20(16(4)30)23(26(18)29)24-22(15(2)3)19(14-21(28)25(24)27)13-17-9-7-6-8-10-17/h6-12,14-15H,4-5,13,30H2,1-3H3. The molecule has 0 saturated carbocycles. The minimum Gasteiger partial charge on any atom is -0.399 e. The van der Waals surface area contributed by atoms with Crippen molar-refractivity contribution >= 4 is 17.3 Å². The Morgan fingerprint density at radius 3 is 2.27 bits per heavy atom. The molecule has 0 bridgehead atoms. The van der Waals surface area contributed by atoms with Gasteiger partial charge in [0.2, 0.25) is 0 Å². The monoisotopic (exact) mass is 425 g/mol. The lowest BCUT2D eigenvalue weighted by Crippen LogP contribution is -2.08. The van der Waals surface area contributed by atoms with Crippen molar-refractivity contribution in [2.45, 2.75) is 39.5 Å².